The summed E-state index contributed by atoms with van der Waals surface area (Å²) >= 11 is 6.49. The van der Waals surface area contributed by atoms with Gasteiger partial charge in [0, 0.05) is 17.6 Å². The lowest BCUT2D eigenvalue weighted by Gasteiger charge is -2.34. The molecule has 10 heteroatoms. The van der Waals surface area contributed by atoms with E-state index in [1.807, 2.05) is 58.0 Å². The van der Waals surface area contributed by atoms with Crippen molar-refractivity contribution in [3.63, 3.8) is 0 Å². The summed E-state index contributed by atoms with van der Waals surface area (Å²) in [6.07, 6.45) is 1.03. The third kappa shape index (κ3) is 8.68. The van der Waals surface area contributed by atoms with Gasteiger partial charge in [0.1, 0.15) is 24.1 Å². The van der Waals surface area contributed by atoms with E-state index >= 15 is 0 Å². The van der Waals surface area contributed by atoms with Crippen molar-refractivity contribution in [2.45, 2.75) is 64.1 Å². The normalized spacial score (nSPS) is 12.5. The van der Waals surface area contributed by atoms with Gasteiger partial charge in [-0.1, -0.05) is 79.5 Å². The zero-order valence-corrected chi connectivity index (χ0v) is 28.1. The maximum absolute atomic E-state index is 14.3. The number of nitrogens with zero attached hydrogens (tertiary/aromatic N) is 2. The second kappa shape index (κ2) is 15.8. The van der Waals surface area contributed by atoms with Crippen molar-refractivity contribution in [2.24, 2.45) is 0 Å². The Labute approximate surface area is 277 Å². The fourth-order valence-electron chi connectivity index (χ4n) is 4.84. The molecule has 2 atom stereocenters. The molecule has 242 valence electrons. The van der Waals surface area contributed by atoms with Gasteiger partial charge in [0.15, 0.2) is 0 Å². The highest BCUT2D eigenvalue weighted by atomic mass is 35.5. The first-order valence-electron chi connectivity index (χ1n) is 15.3. The largest absolute Gasteiger partial charge is 0.457 e. The summed E-state index contributed by atoms with van der Waals surface area (Å²) in [5.41, 5.74) is 1.81. The van der Waals surface area contributed by atoms with E-state index in [9.17, 15) is 18.0 Å². The van der Waals surface area contributed by atoms with Gasteiger partial charge in [0.25, 0.3) is 10.0 Å². The van der Waals surface area contributed by atoms with Crippen molar-refractivity contribution in [1.82, 2.24) is 10.2 Å². The summed E-state index contributed by atoms with van der Waals surface area (Å²) < 4.78 is 35.3. The molecule has 4 rings (SSSR count). The number of carbonyl (C=O) groups is 2. The number of anilines is 1. The van der Waals surface area contributed by atoms with Crippen molar-refractivity contribution in [3.05, 3.63) is 119 Å². The molecule has 0 aliphatic rings. The molecule has 0 saturated heterocycles. The number of ether oxygens (including phenoxy) is 1. The predicted molar refractivity (Wildman–Crippen MR) is 183 cm³/mol. The van der Waals surface area contributed by atoms with E-state index in [2.05, 4.69) is 5.32 Å². The Morgan fingerprint density at radius 2 is 1.43 bits per heavy atom. The SMILES string of the molecule is CC[C@H](C)NC(=O)[C@H](CC)N(Cc1ccccc1Cl)C(=O)CN(c1ccc(Oc2ccccc2)cc1)S(=O)(=O)c1ccc(C)cc1. The second-order valence-corrected chi connectivity index (χ2v) is 13.4. The first-order chi connectivity index (χ1) is 22.0. The van der Waals surface area contributed by atoms with Crippen molar-refractivity contribution in [3.8, 4) is 11.5 Å². The maximum Gasteiger partial charge on any atom is 0.264 e. The van der Waals surface area contributed by atoms with Crippen LogP contribution in [-0.4, -0.2) is 43.8 Å². The number of hydrogen-bond donors (Lipinski definition) is 1. The average Bonchev–Trinajstić information content (AvgIpc) is 3.05. The molecule has 0 aliphatic heterocycles. The molecule has 0 saturated carbocycles. The summed E-state index contributed by atoms with van der Waals surface area (Å²) in [4.78, 5) is 29.2. The minimum Gasteiger partial charge on any atom is -0.457 e. The predicted octanol–water partition coefficient (Wildman–Crippen LogP) is 7.36. The van der Waals surface area contributed by atoms with Crippen LogP contribution in [0.15, 0.2) is 108 Å². The molecule has 0 aromatic heterocycles. The average molecular weight is 662 g/mol. The van der Waals surface area contributed by atoms with Gasteiger partial charge in [-0.05, 0) is 86.8 Å². The molecular weight excluding hydrogens is 622 g/mol. The number of amides is 2. The monoisotopic (exact) mass is 661 g/mol. The number of hydrogen-bond acceptors (Lipinski definition) is 5. The minimum absolute atomic E-state index is 0.0210. The van der Waals surface area contributed by atoms with E-state index < -0.39 is 28.5 Å². The lowest BCUT2D eigenvalue weighted by molar-refractivity contribution is -0.140. The van der Waals surface area contributed by atoms with Crippen LogP contribution in [-0.2, 0) is 26.2 Å². The number of halogens is 1. The molecule has 8 nitrogen and oxygen atoms in total. The molecule has 4 aromatic carbocycles. The summed E-state index contributed by atoms with van der Waals surface area (Å²) in [5.74, 6) is 0.270. The molecule has 2 amide bonds. The number of sulfonamides is 1. The molecule has 0 bridgehead atoms. The van der Waals surface area contributed by atoms with Gasteiger partial charge in [-0.3, -0.25) is 13.9 Å². The zero-order valence-electron chi connectivity index (χ0n) is 26.5. The Kier molecular flexibility index (Phi) is 11.8. The Morgan fingerprint density at radius 1 is 0.826 bits per heavy atom. The van der Waals surface area contributed by atoms with E-state index in [1.165, 1.54) is 17.0 Å². The van der Waals surface area contributed by atoms with Gasteiger partial charge < -0.3 is 15.0 Å². The Morgan fingerprint density at radius 3 is 2.04 bits per heavy atom. The maximum atomic E-state index is 14.3. The lowest BCUT2D eigenvalue weighted by Crippen LogP contribution is -2.53. The fourth-order valence-corrected chi connectivity index (χ4v) is 6.45. The standard InChI is InChI=1S/C36H40ClN3O5S/c1-5-27(4)38-36(42)34(6-2)39(24-28-12-10-11-15-33(28)37)35(41)25-40(46(43,44)32-22-16-26(3)17-23-32)29-18-20-31(21-19-29)45-30-13-8-7-9-14-30/h7-23,27,34H,5-6,24-25H2,1-4H3,(H,38,42)/t27-,34-/m0/s1. The van der Waals surface area contributed by atoms with Crippen LogP contribution in [0.3, 0.4) is 0 Å². The van der Waals surface area contributed by atoms with Crippen LogP contribution in [0.25, 0.3) is 0 Å². The van der Waals surface area contributed by atoms with Gasteiger partial charge in [-0.2, -0.15) is 0 Å². The summed E-state index contributed by atoms with van der Waals surface area (Å²) in [5, 5.41) is 3.42. The Hall–Kier alpha value is -4.34. The van der Waals surface area contributed by atoms with Crippen molar-refractivity contribution < 1.29 is 22.7 Å². The van der Waals surface area contributed by atoms with Crippen LogP contribution < -0.4 is 14.4 Å². The fraction of sp³-hybridized carbons (Fsp3) is 0.278. The highest BCUT2D eigenvalue weighted by molar-refractivity contribution is 7.92. The van der Waals surface area contributed by atoms with E-state index in [0.29, 0.717) is 34.9 Å². The number of aryl methyl sites for hydroxylation is 1. The lowest BCUT2D eigenvalue weighted by atomic mass is 10.1. The number of carbonyl (C=O) groups excluding carboxylic acids is 2. The quantitative estimate of drug-likeness (QED) is 0.152. The zero-order chi connectivity index (χ0) is 33.3. The van der Waals surface area contributed by atoms with Crippen LogP contribution in [0.1, 0.15) is 44.7 Å². The first-order valence-corrected chi connectivity index (χ1v) is 17.1. The van der Waals surface area contributed by atoms with Crippen LogP contribution in [0.2, 0.25) is 5.02 Å². The van der Waals surface area contributed by atoms with Gasteiger partial charge >= 0.3 is 0 Å². The molecule has 0 heterocycles. The Balaban J connectivity index is 1.73. The minimum atomic E-state index is -4.21. The number of benzene rings is 4. The third-order valence-corrected chi connectivity index (χ3v) is 9.83. The Bertz CT molecular complexity index is 1720. The van der Waals surface area contributed by atoms with Crippen molar-refractivity contribution in [2.75, 3.05) is 10.8 Å². The highest BCUT2D eigenvalue weighted by Gasteiger charge is 2.34. The number of nitrogens with one attached hydrogen (secondary N) is 1. The third-order valence-electron chi connectivity index (χ3n) is 7.68. The van der Waals surface area contributed by atoms with E-state index in [4.69, 9.17) is 16.3 Å². The highest BCUT2D eigenvalue weighted by Crippen LogP contribution is 2.29. The first kappa shape index (κ1) is 34.5. The summed E-state index contributed by atoms with van der Waals surface area (Å²) in [6.45, 7) is 7.01. The van der Waals surface area contributed by atoms with Crippen molar-refractivity contribution in [1.29, 1.82) is 0 Å². The van der Waals surface area contributed by atoms with Gasteiger partial charge in [-0.25, -0.2) is 8.42 Å². The molecule has 0 fully saturated rings. The molecule has 1 N–H and O–H groups in total. The molecule has 0 radical (unpaired) electrons. The molecule has 0 spiro atoms. The van der Waals surface area contributed by atoms with E-state index in [0.717, 1.165) is 9.87 Å². The summed E-state index contributed by atoms with van der Waals surface area (Å²) in [6, 6.07) is 28.3. The van der Waals surface area contributed by atoms with Crippen LogP contribution >= 0.6 is 11.6 Å². The van der Waals surface area contributed by atoms with Gasteiger partial charge in [0.05, 0.1) is 10.6 Å². The van der Waals surface area contributed by atoms with Crippen molar-refractivity contribution >= 4 is 39.1 Å². The topological polar surface area (TPSA) is 96.0 Å². The second-order valence-electron chi connectivity index (χ2n) is 11.1. The smallest absolute Gasteiger partial charge is 0.264 e. The molecule has 46 heavy (non-hydrogen) atoms. The summed E-state index contributed by atoms with van der Waals surface area (Å²) in [7, 11) is -4.21. The van der Waals surface area contributed by atoms with Crippen LogP contribution in [0, 0.1) is 6.92 Å². The van der Waals surface area contributed by atoms with E-state index in [-0.39, 0.29) is 29.1 Å². The van der Waals surface area contributed by atoms with E-state index in [1.54, 1.807) is 60.7 Å². The molecule has 0 unspecified atom stereocenters. The van der Waals surface area contributed by atoms with Gasteiger partial charge in [0.2, 0.25) is 11.8 Å². The number of para-hydroxylation sites is 1. The molecule has 4 aromatic rings. The van der Waals surface area contributed by atoms with Crippen LogP contribution in [0.4, 0.5) is 5.69 Å². The number of rotatable bonds is 14. The molecular formula is C36H40ClN3O5S. The van der Waals surface area contributed by atoms with Crippen LogP contribution in [0.5, 0.6) is 11.5 Å². The molecule has 0 aliphatic carbocycles. The van der Waals surface area contributed by atoms with Gasteiger partial charge in [-0.15, -0.1) is 0 Å².